The Morgan fingerprint density at radius 2 is 2.15 bits per heavy atom. The Bertz CT molecular complexity index is 666. The van der Waals surface area contributed by atoms with E-state index in [-0.39, 0.29) is 11.8 Å². The van der Waals surface area contributed by atoms with Crippen molar-refractivity contribution in [1.82, 2.24) is 14.6 Å². The molecule has 102 valence electrons. The molecule has 0 atom stereocenters. The number of ether oxygens (including phenoxy) is 2. The summed E-state index contributed by atoms with van der Waals surface area (Å²) in [6.45, 7) is 1.46. The molecule has 2 aromatic heterocycles. The minimum Gasteiger partial charge on any atom is -0.464 e. The lowest BCUT2D eigenvalue weighted by Gasteiger charge is -2.39. The summed E-state index contributed by atoms with van der Waals surface area (Å²) in [5.41, 5.74) is 1.10. The van der Waals surface area contributed by atoms with Crippen molar-refractivity contribution in [2.75, 3.05) is 32.2 Å². The highest BCUT2D eigenvalue weighted by molar-refractivity contribution is 6.31. The molecule has 2 radical (unpaired) electrons. The molecule has 0 aromatic carbocycles. The number of hydrogen-bond donors (Lipinski definition) is 0. The lowest BCUT2D eigenvalue weighted by atomic mass is 10.1. The molecule has 1 fully saturated rings. The smallest absolute Gasteiger partial charge is 0.356 e. The van der Waals surface area contributed by atoms with E-state index < -0.39 is 5.97 Å². The van der Waals surface area contributed by atoms with E-state index in [0.717, 1.165) is 18.9 Å². The number of esters is 1. The third-order valence-corrected chi connectivity index (χ3v) is 3.33. The molecule has 0 aliphatic carbocycles. The monoisotopic (exact) mass is 272 g/mol. The molecule has 3 heterocycles. The van der Waals surface area contributed by atoms with Crippen molar-refractivity contribution in [2.45, 2.75) is 6.10 Å². The number of nitrogens with zero attached hydrogens (tertiary/aromatic N) is 4. The first kappa shape index (κ1) is 12.9. The van der Waals surface area contributed by atoms with Crippen molar-refractivity contribution < 1.29 is 14.3 Å². The summed E-state index contributed by atoms with van der Waals surface area (Å²) in [4.78, 5) is 17.9. The first-order chi connectivity index (χ1) is 9.62. The van der Waals surface area contributed by atoms with Crippen LogP contribution in [-0.2, 0) is 9.47 Å². The van der Waals surface area contributed by atoms with Crippen molar-refractivity contribution in [2.24, 2.45) is 0 Å². The topological polar surface area (TPSA) is 69.0 Å². The van der Waals surface area contributed by atoms with Crippen LogP contribution in [-0.4, -0.2) is 61.8 Å². The fourth-order valence-corrected chi connectivity index (χ4v) is 2.18. The molecule has 8 heteroatoms. The lowest BCUT2D eigenvalue weighted by Crippen LogP contribution is -2.52. The highest BCUT2D eigenvalue weighted by atomic mass is 16.5. The van der Waals surface area contributed by atoms with Crippen molar-refractivity contribution >= 4 is 30.9 Å². The largest absolute Gasteiger partial charge is 0.464 e. The van der Waals surface area contributed by atoms with Crippen molar-refractivity contribution in [3.8, 4) is 0 Å². The highest BCUT2D eigenvalue weighted by Crippen LogP contribution is 2.23. The number of aromatic nitrogens is 3. The Balaban J connectivity index is 2.06. The number of anilines is 1. The Kier molecular flexibility index (Phi) is 3.09. The summed E-state index contributed by atoms with van der Waals surface area (Å²) in [7, 11) is 8.70. The summed E-state index contributed by atoms with van der Waals surface area (Å²) in [6, 6.07) is 3.26. The average molecular weight is 272 g/mol. The fraction of sp³-hybridized carbons (Fsp3) is 0.417. The van der Waals surface area contributed by atoms with E-state index in [1.807, 2.05) is 4.90 Å². The molecule has 0 amide bonds. The molecule has 1 saturated heterocycles. The van der Waals surface area contributed by atoms with Crippen LogP contribution in [0.1, 0.15) is 10.5 Å². The third-order valence-electron chi connectivity index (χ3n) is 3.33. The van der Waals surface area contributed by atoms with Crippen LogP contribution in [0.25, 0.3) is 5.65 Å². The van der Waals surface area contributed by atoms with Gasteiger partial charge in [-0.1, -0.05) is 0 Å². The van der Waals surface area contributed by atoms with Gasteiger partial charge in [0.15, 0.2) is 11.3 Å². The van der Waals surface area contributed by atoms with Crippen LogP contribution < -0.4 is 10.5 Å². The van der Waals surface area contributed by atoms with Crippen LogP contribution in [0, 0.1) is 0 Å². The van der Waals surface area contributed by atoms with Gasteiger partial charge in [0.2, 0.25) is 0 Å². The highest BCUT2D eigenvalue weighted by Gasteiger charge is 2.29. The maximum Gasteiger partial charge on any atom is 0.356 e. The van der Waals surface area contributed by atoms with Crippen LogP contribution >= 0.6 is 0 Å². The van der Waals surface area contributed by atoms with Gasteiger partial charge in [-0.3, -0.25) is 0 Å². The zero-order valence-corrected chi connectivity index (χ0v) is 11.2. The van der Waals surface area contributed by atoms with Gasteiger partial charge in [-0.2, -0.15) is 9.61 Å². The second-order valence-electron chi connectivity index (χ2n) is 4.59. The second kappa shape index (κ2) is 4.79. The predicted molar refractivity (Wildman–Crippen MR) is 72.7 cm³/mol. The first-order valence-electron chi connectivity index (χ1n) is 6.14. The predicted octanol–water partition coefficient (Wildman–Crippen LogP) is -0.855. The molecule has 3 rings (SSSR count). The van der Waals surface area contributed by atoms with Gasteiger partial charge < -0.3 is 14.4 Å². The third kappa shape index (κ3) is 2.02. The minimum absolute atomic E-state index is 0.188. The standard InChI is InChI=1S/C12H13BN4O3/c1-19-7-5-16(6-7)11-3-8(12(18)20-2)14-10-4-9(13)15-17(10)11/h3-4,7H,5-6H2,1-2H3. The molecular formula is C12H13BN4O3. The number of carbonyl (C=O) groups excluding carboxylic acids is 1. The van der Waals surface area contributed by atoms with Crippen LogP contribution in [0.4, 0.5) is 5.82 Å². The normalized spacial score (nSPS) is 15.4. The summed E-state index contributed by atoms with van der Waals surface area (Å²) in [6.07, 6.45) is 0.188. The summed E-state index contributed by atoms with van der Waals surface area (Å²) in [5, 5.41) is 4.19. The molecule has 2 aromatic rings. The summed E-state index contributed by atoms with van der Waals surface area (Å²) in [5.74, 6) is 0.262. The van der Waals surface area contributed by atoms with Crippen LogP contribution in [0.2, 0.25) is 0 Å². The molecule has 20 heavy (non-hydrogen) atoms. The zero-order valence-electron chi connectivity index (χ0n) is 11.2. The number of hydrogen-bond acceptors (Lipinski definition) is 6. The second-order valence-corrected chi connectivity index (χ2v) is 4.59. The fourth-order valence-electron chi connectivity index (χ4n) is 2.18. The van der Waals surface area contributed by atoms with E-state index in [1.54, 1.807) is 23.8 Å². The molecule has 0 saturated carbocycles. The lowest BCUT2D eigenvalue weighted by molar-refractivity contribution is 0.0594. The van der Waals surface area contributed by atoms with Crippen LogP contribution in [0.3, 0.4) is 0 Å². The quantitative estimate of drug-likeness (QED) is 0.535. The summed E-state index contributed by atoms with van der Waals surface area (Å²) >= 11 is 0. The molecule has 1 aliphatic heterocycles. The molecule has 1 aliphatic rings. The molecule has 0 unspecified atom stereocenters. The van der Waals surface area contributed by atoms with Gasteiger partial charge in [0.1, 0.15) is 13.7 Å². The maximum atomic E-state index is 11.7. The van der Waals surface area contributed by atoms with Crippen molar-refractivity contribution in [3.63, 3.8) is 0 Å². The van der Waals surface area contributed by atoms with Gasteiger partial charge in [0, 0.05) is 31.9 Å². The van der Waals surface area contributed by atoms with E-state index in [4.69, 9.17) is 17.3 Å². The Morgan fingerprint density at radius 3 is 2.80 bits per heavy atom. The zero-order chi connectivity index (χ0) is 14.3. The van der Waals surface area contributed by atoms with Crippen LogP contribution in [0.5, 0.6) is 0 Å². The van der Waals surface area contributed by atoms with E-state index in [9.17, 15) is 4.79 Å². The maximum absolute atomic E-state index is 11.7. The average Bonchev–Trinajstić information content (AvgIpc) is 2.76. The molecule has 0 bridgehead atoms. The van der Waals surface area contributed by atoms with Gasteiger partial charge in [0.05, 0.1) is 13.2 Å². The van der Waals surface area contributed by atoms with Gasteiger partial charge in [-0.15, -0.1) is 0 Å². The van der Waals surface area contributed by atoms with E-state index >= 15 is 0 Å². The minimum atomic E-state index is -0.489. The Morgan fingerprint density at radius 1 is 1.40 bits per heavy atom. The first-order valence-corrected chi connectivity index (χ1v) is 6.14. The number of fused-ring (bicyclic) bond motifs is 1. The van der Waals surface area contributed by atoms with E-state index in [2.05, 4.69) is 10.1 Å². The molecule has 7 nitrogen and oxygen atoms in total. The van der Waals surface area contributed by atoms with E-state index in [1.165, 1.54) is 7.11 Å². The number of carbonyl (C=O) groups is 1. The van der Waals surface area contributed by atoms with Gasteiger partial charge in [0.25, 0.3) is 0 Å². The Hall–Kier alpha value is -2.09. The SMILES string of the molecule is [B]c1cc2nc(C(=O)OC)cc(N3CC(OC)C3)n2n1. The van der Waals surface area contributed by atoms with Crippen molar-refractivity contribution in [3.05, 3.63) is 17.8 Å². The Labute approximate surface area is 116 Å². The van der Waals surface area contributed by atoms with Gasteiger partial charge in [-0.05, 0) is 6.07 Å². The molecular weight excluding hydrogens is 259 g/mol. The number of rotatable bonds is 3. The van der Waals surface area contributed by atoms with Gasteiger partial charge >= 0.3 is 5.97 Å². The van der Waals surface area contributed by atoms with E-state index in [0.29, 0.717) is 11.2 Å². The number of methoxy groups -OCH3 is 2. The summed E-state index contributed by atoms with van der Waals surface area (Å²) < 4.78 is 11.6. The molecule has 0 spiro atoms. The van der Waals surface area contributed by atoms with Crippen LogP contribution in [0.15, 0.2) is 12.1 Å². The molecule has 0 N–H and O–H groups in total. The van der Waals surface area contributed by atoms with Gasteiger partial charge in [-0.25, -0.2) is 9.78 Å². The van der Waals surface area contributed by atoms with Crippen molar-refractivity contribution in [1.29, 1.82) is 0 Å².